The van der Waals surface area contributed by atoms with Crippen LogP contribution in [0.4, 0.5) is 4.39 Å². The molecule has 0 aliphatic carbocycles. The molecule has 3 nitrogen and oxygen atoms in total. The number of benzene rings is 1. The third-order valence-electron chi connectivity index (χ3n) is 4.85. The van der Waals surface area contributed by atoms with Crippen molar-refractivity contribution >= 4 is 11.7 Å². The number of unbranched alkanes of at least 4 members (excludes halogenated alkanes) is 10. The molecule has 0 radical (unpaired) electrons. The van der Waals surface area contributed by atoms with Gasteiger partial charge in [-0.15, -0.1) is 0 Å². The Bertz CT molecular complexity index is 528. The molecule has 0 fully saturated rings. The molecule has 1 aromatic rings. The van der Waals surface area contributed by atoms with Crippen LogP contribution in [0.5, 0.6) is 0 Å². The molecule has 0 saturated heterocycles. The van der Waals surface area contributed by atoms with E-state index in [1.165, 1.54) is 82.1 Å². The van der Waals surface area contributed by atoms with Gasteiger partial charge in [-0.05, 0) is 30.7 Å². The van der Waals surface area contributed by atoms with Crippen LogP contribution in [-0.2, 0) is 4.79 Å². The molecular formula is C23H36FNO2. The molecule has 0 heterocycles. The quantitative estimate of drug-likeness (QED) is 0.275. The number of rotatable bonds is 16. The molecule has 0 saturated carbocycles. The molecule has 1 aromatic carbocycles. The third-order valence-corrected chi connectivity index (χ3v) is 4.85. The van der Waals surface area contributed by atoms with Gasteiger partial charge in [0.25, 0.3) is 0 Å². The summed E-state index contributed by atoms with van der Waals surface area (Å²) in [7, 11) is 0. The van der Waals surface area contributed by atoms with E-state index in [1.807, 2.05) is 0 Å². The summed E-state index contributed by atoms with van der Waals surface area (Å²) in [5.41, 5.74) is 0.453. The fraction of sp³-hybridized carbons (Fsp3) is 0.652. The Kier molecular flexibility index (Phi) is 13.3. The summed E-state index contributed by atoms with van der Waals surface area (Å²) < 4.78 is 12.8. The molecule has 4 heteroatoms. The molecule has 1 N–H and O–H groups in total. The Hall–Kier alpha value is -1.71. The lowest BCUT2D eigenvalue weighted by Gasteiger charge is -2.06. The van der Waals surface area contributed by atoms with Crippen LogP contribution in [0.2, 0.25) is 0 Å². The minimum Gasteiger partial charge on any atom is -0.356 e. The summed E-state index contributed by atoms with van der Waals surface area (Å²) in [6.45, 7) is 2.93. The fourth-order valence-corrected chi connectivity index (χ4v) is 3.11. The maximum absolute atomic E-state index is 12.8. The first kappa shape index (κ1) is 23.3. The highest BCUT2D eigenvalue weighted by atomic mass is 19.1. The zero-order valence-corrected chi connectivity index (χ0v) is 16.9. The lowest BCUT2D eigenvalue weighted by molar-refractivity contribution is -0.121. The number of hydrogen-bond donors (Lipinski definition) is 1. The van der Waals surface area contributed by atoms with E-state index in [0.29, 0.717) is 12.1 Å². The zero-order chi connectivity index (χ0) is 19.7. The van der Waals surface area contributed by atoms with Gasteiger partial charge in [-0.2, -0.15) is 0 Å². The van der Waals surface area contributed by atoms with E-state index >= 15 is 0 Å². The highest BCUT2D eigenvalue weighted by Crippen LogP contribution is 2.11. The zero-order valence-electron chi connectivity index (χ0n) is 16.9. The lowest BCUT2D eigenvalue weighted by atomic mass is 10.1. The highest BCUT2D eigenvalue weighted by molar-refractivity contribution is 5.97. The average molecular weight is 378 g/mol. The second-order valence-corrected chi connectivity index (χ2v) is 7.32. The second-order valence-electron chi connectivity index (χ2n) is 7.32. The predicted molar refractivity (Wildman–Crippen MR) is 109 cm³/mol. The molecule has 0 atom stereocenters. The molecule has 0 spiro atoms. The minimum atomic E-state index is -0.365. The molecule has 0 aliphatic heterocycles. The number of hydrogen-bond acceptors (Lipinski definition) is 2. The molecule has 152 valence electrons. The van der Waals surface area contributed by atoms with E-state index in [-0.39, 0.29) is 30.3 Å². The Morgan fingerprint density at radius 3 is 1.85 bits per heavy atom. The minimum absolute atomic E-state index is 0.0856. The van der Waals surface area contributed by atoms with Crippen molar-refractivity contribution in [1.82, 2.24) is 5.32 Å². The molecule has 1 amide bonds. The first-order valence-corrected chi connectivity index (χ1v) is 10.7. The van der Waals surface area contributed by atoms with Crippen molar-refractivity contribution in [2.45, 2.75) is 90.4 Å². The number of amides is 1. The maximum Gasteiger partial charge on any atom is 0.220 e. The third kappa shape index (κ3) is 12.3. The van der Waals surface area contributed by atoms with E-state index in [9.17, 15) is 14.0 Å². The molecule has 1 rings (SSSR count). The summed E-state index contributed by atoms with van der Waals surface area (Å²) >= 11 is 0. The molecule has 0 aromatic heterocycles. The van der Waals surface area contributed by atoms with Gasteiger partial charge in [-0.3, -0.25) is 9.59 Å². The molecule has 0 aliphatic rings. The van der Waals surface area contributed by atoms with Gasteiger partial charge in [0.15, 0.2) is 5.78 Å². The van der Waals surface area contributed by atoms with Crippen LogP contribution in [0.15, 0.2) is 24.3 Å². The van der Waals surface area contributed by atoms with E-state index in [2.05, 4.69) is 12.2 Å². The standard InChI is InChI=1S/C23H36FNO2/c1-2-3-4-5-6-7-8-9-10-11-12-19-25-23(27)18-17-22(26)20-13-15-21(24)16-14-20/h13-16H,2-12,17-19H2,1H3,(H,25,27). The van der Waals surface area contributed by atoms with Gasteiger partial charge in [-0.25, -0.2) is 4.39 Å². The predicted octanol–water partition coefficient (Wildman–Crippen LogP) is 6.22. The number of carbonyl (C=O) groups excluding carboxylic acids is 2. The second kappa shape index (κ2) is 15.4. The highest BCUT2D eigenvalue weighted by Gasteiger charge is 2.09. The van der Waals surface area contributed by atoms with Gasteiger partial charge >= 0.3 is 0 Å². The maximum atomic E-state index is 12.8. The number of nitrogens with one attached hydrogen (secondary N) is 1. The first-order valence-electron chi connectivity index (χ1n) is 10.7. The summed E-state index contributed by atoms with van der Waals surface area (Å²) in [6.07, 6.45) is 14.5. The SMILES string of the molecule is CCCCCCCCCCCCCNC(=O)CCC(=O)c1ccc(F)cc1. The van der Waals surface area contributed by atoms with E-state index in [0.717, 1.165) is 12.8 Å². The van der Waals surface area contributed by atoms with Gasteiger partial charge in [0.05, 0.1) is 0 Å². The van der Waals surface area contributed by atoms with Crippen LogP contribution in [0.3, 0.4) is 0 Å². The van der Waals surface area contributed by atoms with Crippen molar-refractivity contribution in [3.8, 4) is 0 Å². The fourth-order valence-electron chi connectivity index (χ4n) is 3.11. The van der Waals surface area contributed by atoms with Crippen LogP contribution in [-0.4, -0.2) is 18.2 Å². The monoisotopic (exact) mass is 377 g/mol. The van der Waals surface area contributed by atoms with Crippen molar-refractivity contribution in [2.24, 2.45) is 0 Å². The number of halogens is 1. The first-order chi connectivity index (χ1) is 13.1. The number of Topliss-reactive ketones (excluding diaryl/α,β-unsaturated/α-hetero) is 1. The van der Waals surface area contributed by atoms with Crippen LogP contribution >= 0.6 is 0 Å². The molecule has 0 bridgehead atoms. The lowest BCUT2D eigenvalue weighted by Crippen LogP contribution is -2.24. The van der Waals surface area contributed by atoms with Gasteiger partial charge in [0.2, 0.25) is 5.91 Å². The molecular weight excluding hydrogens is 341 g/mol. The van der Waals surface area contributed by atoms with Crippen LogP contribution < -0.4 is 5.32 Å². The normalized spacial score (nSPS) is 10.7. The van der Waals surface area contributed by atoms with Gasteiger partial charge in [-0.1, -0.05) is 71.1 Å². The Morgan fingerprint density at radius 2 is 1.30 bits per heavy atom. The largest absolute Gasteiger partial charge is 0.356 e. The van der Waals surface area contributed by atoms with Crippen molar-refractivity contribution in [1.29, 1.82) is 0 Å². The van der Waals surface area contributed by atoms with E-state index in [1.54, 1.807) is 0 Å². The molecule has 0 unspecified atom stereocenters. The topological polar surface area (TPSA) is 46.2 Å². The van der Waals surface area contributed by atoms with Crippen LogP contribution in [0.25, 0.3) is 0 Å². The Balaban J connectivity index is 1.92. The summed E-state index contributed by atoms with van der Waals surface area (Å²) in [5.74, 6) is -0.575. The van der Waals surface area contributed by atoms with Crippen molar-refractivity contribution in [2.75, 3.05) is 6.54 Å². The van der Waals surface area contributed by atoms with E-state index < -0.39 is 0 Å². The van der Waals surface area contributed by atoms with Gasteiger partial charge in [0, 0.05) is 24.9 Å². The smallest absolute Gasteiger partial charge is 0.220 e. The van der Waals surface area contributed by atoms with Gasteiger partial charge in [0.1, 0.15) is 5.82 Å². The Morgan fingerprint density at radius 1 is 0.778 bits per heavy atom. The van der Waals surface area contributed by atoms with Crippen LogP contribution in [0, 0.1) is 5.82 Å². The van der Waals surface area contributed by atoms with Crippen molar-refractivity contribution in [3.63, 3.8) is 0 Å². The molecule has 27 heavy (non-hydrogen) atoms. The van der Waals surface area contributed by atoms with Crippen LogP contribution in [0.1, 0.15) is 101 Å². The summed E-state index contributed by atoms with van der Waals surface area (Å²) in [5, 5.41) is 2.88. The Labute approximate surface area is 164 Å². The number of ketones is 1. The number of carbonyl (C=O) groups is 2. The average Bonchev–Trinajstić information content (AvgIpc) is 2.67. The van der Waals surface area contributed by atoms with Crippen molar-refractivity contribution in [3.05, 3.63) is 35.6 Å². The summed E-state index contributed by atoms with van der Waals surface area (Å²) in [4.78, 5) is 23.7. The summed E-state index contributed by atoms with van der Waals surface area (Å²) in [6, 6.07) is 5.45. The van der Waals surface area contributed by atoms with Gasteiger partial charge < -0.3 is 5.32 Å². The van der Waals surface area contributed by atoms with Crippen molar-refractivity contribution < 1.29 is 14.0 Å². The van der Waals surface area contributed by atoms with E-state index in [4.69, 9.17) is 0 Å².